The van der Waals surface area contributed by atoms with E-state index in [1.807, 2.05) is 18.4 Å². The number of carbonyl (C=O) groups excluding carboxylic acids is 1. The predicted molar refractivity (Wildman–Crippen MR) is 81.5 cm³/mol. The fourth-order valence-electron chi connectivity index (χ4n) is 1.98. The van der Waals surface area contributed by atoms with E-state index in [1.54, 1.807) is 36.5 Å². The Morgan fingerprint density at radius 2 is 2.14 bits per heavy atom. The SMILES string of the molecule is CCN(CC(=O)O)C(=O)c1cccc(-c2csc(C)n2)c1. The second kappa shape index (κ2) is 6.49. The molecule has 0 fully saturated rings. The van der Waals surface area contributed by atoms with Crippen molar-refractivity contribution in [3.63, 3.8) is 0 Å². The van der Waals surface area contributed by atoms with Crippen LogP contribution in [-0.4, -0.2) is 40.0 Å². The van der Waals surface area contributed by atoms with Crippen molar-refractivity contribution in [2.24, 2.45) is 0 Å². The van der Waals surface area contributed by atoms with E-state index >= 15 is 0 Å². The number of benzene rings is 1. The zero-order chi connectivity index (χ0) is 15.4. The van der Waals surface area contributed by atoms with Crippen LogP contribution in [0.4, 0.5) is 0 Å². The molecule has 6 heteroatoms. The van der Waals surface area contributed by atoms with Crippen LogP contribution in [0.25, 0.3) is 11.3 Å². The average molecular weight is 304 g/mol. The van der Waals surface area contributed by atoms with E-state index in [1.165, 1.54) is 4.90 Å². The first-order valence-corrected chi connectivity index (χ1v) is 7.43. The highest BCUT2D eigenvalue weighted by molar-refractivity contribution is 7.09. The first kappa shape index (κ1) is 15.2. The van der Waals surface area contributed by atoms with Crippen LogP contribution in [0.15, 0.2) is 29.6 Å². The molecule has 2 rings (SSSR count). The van der Waals surface area contributed by atoms with Crippen molar-refractivity contribution < 1.29 is 14.7 Å². The Labute approximate surface area is 126 Å². The van der Waals surface area contributed by atoms with Crippen LogP contribution < -0.4 is 0 Å². The summed E-state index contributed by atoms with van der Waals surface area (Å²) in [5, 5.41) is 11.7. The molecule has 0 saturated carbocycles. The number of rotatable bonds is 5. The molecule has 110 valence electrons. The summed E-state index contributed by atoms with van der Waals surface area (Å²) >= 11 is 1.55. The number of amides is 1. The summed E-state index contributed by atoms with van der Waals surface area (Å²) in [6.07, 6.45) is 0. The molecule has 21 heavy (non-hydrogen) atoms. The van der Waals surface area contributed by atoms with Crippen LogP contribution in [0.5, 0.6) is 0 Å². The van der Waals surface area contributed by atoms with E-state index in [0.717, 1.165) is 16.3 Å². The summed E-state index contributed by atoms with van der Waals surface area (Å²) in [5.41, 5.74) is 2.16. The molecule has 5 nitrogen and oxygen atoms in total. The second-order valence-corrected chi connectivity index (χ2v) is 5.61. The summed E-state index contributed by atoms with van der Waals surface area (Å²) in [7, 11) is 0. The first-order valence-electron chi connectivity index (χ1n) is 6.55. The van der Waals surface area contributed by atoms with E-state index < -0.39 is 5.97 Å². The van der Waals surface area contributed by atoms with Gasteiger partial charge in [-0.15, -0.1) is 11.3 Å². The van der Waals surface area contributed by atoms with Crippen molar-refractivity contribution in [3.05, 3.63) is 40.2 Å². The summed E-state index contributed by atoms with van der Waals surface area (Å²) in [5.74, 6) is -1.30. The minimum absolute atomic E-state index is 0.284. The molecule has 0 bridgehead atoms. The lowest BCUT2D eigenvalue weighted by Gasteiger charge is -2.18. The summed E-state index contributed by atoms with van der Waals surface area (Å²) in [4.78, 5) is 28.8. The molecule has 1 aromatic heterocycles. The molecule has 1 amide bonds. The highest BCUT2D eigenvalue weighted by Crippen LogP contribution is 2.22. The minimum Gasteiger partial charge on any atom is -0.480 e. The quantitative estimate of drug-likeness (QED) is 0.922. The number of likely N-dealkylation sites (N-methyl/N-ethyl adjacent to an activating group) is 1. The highest BCUT2D eigenvalue weighted by atomic mass is 32.1. The Hall–Kier alpha value is -2.21. The van der Waals surface area contributed by atoms with Gasteiger partial charge in [-0.2, -0.15) is 0 Å². The number of thiazole rings is 1. The van der Waals surface area contributed by atoms with E-state index in [0.29, 0.717) is 12.1 Å². The fraction of sp³-hybridized carbons (Fsp3) is 0.267. The van der Waals surface area contributed by atoms with Gasteiger partial charge in [-0.3, -0.25) is 9.59 Å². The van der Waals surface area contributed by atoms with Gasteiger partial charge in [0.05, 0.1) is 10.7 Å². The minimum atomic E-state index is -1.02. The molecule has 1 aromatic carbocycles. The van der Waals surface area contributed by atoms with Crippen LogP contribution in [-0.2, 0) is 4.79 Å². The molecule has 0 unspecified atom stereocenters. The predicted octanol–water partition coefficient (Wildman–Crippen LogP) is 2.67. The number of aromatic nitrogens is 1. The maximum absolute atomic E-state index is 12.3. The van der Waals surface area contributed by atoms with E-state index in [2.05, 4.69) is 4.98 Å². The third-order valence-electron chi connectivity index (χ3n) is 3.02. The first-order chi connectivity index (χ1) is 10.0. The average Bonchev–Trinajstić information content (AvgIpc) is 2.90. The van der Waals surface area contributed by atoms with Gasteiger partial charge in [-0.05, 0) is 26.0 Å². The molecular weight excluding hydrogens is 288 g/mol. The highest BCUT2D eigenvalue weighted by Gasteiger charge is 2.17. The van der Waals surface area contributed by atoms with Gasteiger partial charge in [0.15, 0.2) is 0 Å². The number of carboxylic acids is 1. The zero-order valence-electron chi connectivity index (χ0n) is 11.9. The molecule has 0 radical (unpaired) electrons. The number of carbonyl (C=O) groups is 2. The summed E-state index contributed by atoms with van der Waals surface area (Å²) < 4.78 is 0. The molecule has 0 aliphatic carbocycles. The van der Waals surface area contributed by atoms with Crippen molar-refractivity contribution in [1.29, 1.82) is 0 Å². The molecule has 0 spiro atoms. The Kier molecular flexibility index (Phi) is 4.70. The van der Waals surface area contributed by atoms with E-state index in [9.17, 15) is 9.59 Å². The smallest absolute Gasteiger partial charge is 0.323 e. The van der Waals surface area contributed by atoms with Gasteiger partial charge >= 0.3 is 5.97 Å². The molecule has 0 aliphatic rings. The number of aryl methyl sites for hydroxylation is 1. The molecule has 0 saturated heterocycles. The lowest BCUT2D eigenvalue weighted by atomic mass is 10.1. The van der Waals surface area contributed by atoms with Gasteiger partial charge in [0.25, 0.3) is 5.91 Å². The van der Waals surface area contributed by atoms with Gasteiger partial charge in [-0.1, -0.05) is 12.1 Å². The molecule has 2 aromatic rings. The van der Waals surface area contributed by atoms with Gasteiger partial charge < -0.3 is 10.0 Å². The van der Waals surface area contributed by atoms with Crippen LogP contribution in [0.2, 0.25) is 0 Å². The van der Waals surface area contributed by atoms with Gasteiger partial charge in [0, 0.05) is 23.1 Å². The molecule has 1 N–H and O–H groups in total. The van der Waals surface area contributed by atoms with Crippen molar-refractivity contribution in [2.45, 2.75) is 13.8 Å². The van der Waals surface area contributed by atoms with Gasteiger partial charge in [0.1, 0.15) is 6.54 Å². The number of hydrogen-bond acceptors (Lipinski definition) is 4. The number of nitrogens with zero attached hydrogens (tertiary/aromatic N) is 2. The lowest BCUT2D eigenvalue weighted by molar-refractivity contribution is -0.137. The molecule has 0 atom stereocenters. The third kappa shape index (κ3) is 3.66. The monoisotopic (exact) mass is 304 g/mol. The summed E-state index contributed by atoms with van der Waals surface area (Å²) in [6.45, 7) is 3.74. The van der Waals surface area contributed by atoms with Crippen molar-refractivity contribution >= 4 is 23.2 Å². The number of aliphatic carboxylic acids is 1. The Bertz CT molecular complexity index is 666. The maximum atomic E-state index is 12.3. The topological polar surface area (TPSA) is 70.5 Å². The lowest BCUT2D eigenvalue weighted by Crippen LogP contribution is -2.35. The molecule has 0 aliphatic heterocycles. The van der Waals surface area contributed by atoms with Crippen LogP contribution in [0.1, 0.15) is 22.3 Å². The van der Waals surface area contributed by atoms with Crippen LogP contribution >= 0.6 is 11.3 Å². The van der Waals surface area contributed by atoms with Crippen LogP contribution in [0.3, 0.4) is 0 Å². The third-order valence-corrected chi connectivity index (χ3v) is 3.79. The Morgan fingerprint density at radius 3 is 2.71 bits per heavy atom. The Morgan fingerprint density at radius 1 is 1.38 bits per heavy atom. The van der Waals surface area contributed by atoms with Crippen molar-refractivity contribution in [3.8, 4) is 11.3 Å². The number of hydrogen-bond donors (Lipinski definition) is 1. The van der Waals surface area contributed by atoms with E-state index in [-0.39, 0.29) is 12.5 Å². The van der Waals surface area contributed by atoms with Gasteiger partial charge in [-0.25, -0.2) is 4.98 Å². The van der Waals surface area contributed by atoms with Crippen molar-refractivity contribution in [2.75, 3.05) is 13.1 Å². The van der Waals surface area contributed by atoms with Crippen LogP contribution in [0, 0.1) is 6.92 Å². The molecule has 1 heterocycles. The zero-order valence-corrected chi connectivity index (χ0v) is 12.7. The van der Waals surface area contributed by atoms with Gasteiger partial charge in [0.2, 0.25) is 0 Å². The summed E-state index contributed by atoms with van der Waals surface area (Å²) in [6, 6.07) is 7.11. The normalized spacial score (nSPS) is 10.4. The largest absolute Gasteiger partial charge is 0.480 e. The standard InChI is InChI=1S/C15H16N2O3S/c1-3-17(8-14(18)19)15(20)12-6-4-5-11(7-12)13-9-21-10(2)16-13/h4-7,9H,3,8H2,1-2H3,(H,18,19). The van der Waals surface area contributed by atoms with E-state index in [4.69, 9.17) is 5.11 Å². The molecular formula is C15H16N2O3S. The fourth-order valence-corrected chi connectivity index (χ4v) is 2.60. The van der Waals surface area contributed by atoms with Crippen molar-refractivity contribution in [1.82, 2.24) is 9.88 Å². The Balaban J connectivity index is 2.28. The maximum Gasteiger partial charge on any atom is 0.323 e. The second-order valence-electron chi connectivity index (χ2n) is 4.55. The number of carboxylic acid groups (broad SMARTS) is 1.